The summed E-state index contributed by atoms with van der Waals surface area (Å²) in [5, 5.41) is 15.0. The number of ether oxygens (including phenoxy) is 2. The van der Waals surface area contributed by atoms with Crippen molar-refractivity contribution in [2.24, 2.45) is 11.8 Å². The van der Waals surface area contributed by atoms with Crippen molar-refractivity contribution in [2.75, 3.05) is 37.9 Å². The van der Waals surface area contributed by atoms with Crippen LogP contribution in [0.5, 0.6) is 11.5 Å². The van der Waals surface area contributed by atoms with Crippen molar-refractivity contribution in [1.82, 2.24) is 29.2 Å². The van der Waals surface area contributed by atoms with Gasteiger partial charge in [0, 0.05) is 59.3 Å². The van der Waals surface area contributed by atoms with Gasteiger partial charge in [-0.25, -0.2) is 19.0 Å². The Kier molecular flexibility index (Phi) is 15.8. The number of carbonyl (C=O) groups excluding carboxylic acids is 3. The first-order chi connectivity index (χ1) is 37.2. The standard InChI is InChI=1S/C30H29F3N4O2.C29H27F3N4O3/c1-18-14-22(8-11-24(18)28(38)15-20-4-5-20)27-17-35-29-26(34-13-12-30(31,32)33)16-25(36-37(27)29)19(2)21-6-9-23(39-3)10-7-21;1-17-13-20(7-10-22(17)26(37)14-18-3-4-18)25-16-34-28-24(33-12-11-29(30,31)32)15-23(35-36(25)28)27(38)19-5-8-21(39-2)9-6-19/h6-11,14,16-17,20,34H,2,4-5,12-13,15H2,1,3H3;5-10,13,15-16,18,33H,3-4,11-12,14H2,1-2H3. The highest BCUT2D eigenvalue weighted by atomic mass is 19.4. The van der Waals surface area contributed by atoms with E-state index in [9.17, 15) is 40.7 Å². The number of Topliss-reactive ketones (excluding diaryl/α,β-unsaturated/α-hetero) is 2. The third-order valence-corrected chi connectivity index (χ3v) is 13.7. The Bertz CT molecular complexity index is 3310. The molecule has 0 spiro atoms. The van der Waals surface area contributed by atoms with E-state index in [1.54, 1.807) is 78.6 Å². The van der Waals surface area contributed by atoms with Crippen LogP contribution in [0, 0.1) is 25.7 Å². The summed E-state index contributed by atoms with van der Waals surface area (Å²) in [6.07, 6.45) is -1.96. The first-order valence-electron chi connectivity index (χ1n) is 25.5. The number of hydrogen-bond acceptors (Lipinski definition) is 11. The van der Waals surface area contributed by atoms with E-state index in [0.717, 1.165) is 47.9 Å². The van der Waals surface area contributed by atoms with Crippen LogP contribution < -0.4 is 20.1 Å². The predicted molar refractivity (Wildman–Crippen MR) is 286 cm³/mol. The van der Waals surface area contributed by atoms with Crippen LogP contribution in [0.15, 0.2) is 116 Å². The van der Waals surface area contributed by atoms with E-state index < -0.39 is 37.5 Å². The number of imidazole rings is 2. The van der Waals surface area contributed by atoms with Gasteiger partial charge in [0.2, 0.25) is 5.78 Å². The molecule has 0 atom stereocenters. The number of ketones is 3. The predicted octanol–water partition coefficient (Wildman–Crippen LogP) is 13.4. The van der Waals surface area contributed by atoms with Crippen LogP contribution in [0.1, 0.15) is 111 Å². The van der Waals surface area contributed by atoms with E-state index in [0.29, 0.717) is 92.4 Å². The second kappa shape index (κ2) is 22.7. The fourth-order valence-electron chi connectivity index (χ4n) is 9.02. The van der Waals surface area contributed by atoms with E-state index in [-0.39, 0.29) is 35.1 Å². The second-order valence-electron chi connectivity index (χ2n) is 19.7. The molecule has 0 unspecified atom stereocenters. The summed E-state index contributed by atoms with van der Waals surface area (Å²) in [7, 11) is 3.10. The molecule has 2 N–H and O–H groups in total. The number of benzene rings is 4. The molecule has 0 aliphatic heterocycles. The Balaban J connectivity index is 0.000000190. The summed E-state index contributed by atoms with van der Waals surface area (Å²) in [5.74, 6) is 2.10. The van der Waals surface area contributed by atoms with Gasteiger partial charge >= 0.3 is 12.4 Å². The molecular weight excluding hydrogens is 1010 g/mol. The monoisotopic (exact) mass is 1070 g/mol. The molecule has 0 amide bonds. The number of anilines is 2. The molecule has 4 aromatic heterocycles. The van der Waals surface area contributed by atoms with Crippen molar-refractivity contribution < 1.29 is 50.2 Å². The average molecular weight is 1070 g/mol. The minimum Gasteiger partial charge on any atom is -0.497 e. The topological polar surface area (TPSA) is 154 Å². The summed E-state index contributed by atoms with van der Waals surface area (Å²) in [6, 6.07) is 27.9. The lowest BCUT2D eigenvalue weighted by atomic mass is 9.98. The number of aryl methyl sites for hydroxylation is 2. The highest BCUT2D eigenvalue weighted by Crippen LogP contribution is 2.37. The van der Waals surface area contributed by atoms with Crippen LogP contribution in [0.25, 0.3) is 39.4 Å². The zero-order valence-corrected chi connectivity index (χ0v) is 43.3. The zero-order valence-electron chi connectivity index (χ0n) is 43.3. The van der Waals surface area contributed by atoms with Crippen molar-refractivity contribution in [3.63, 3.8) is 0 Å². The van der Waals surface area contributed by atoms with E-state index >= 15 is 0 Å². The number of alkyl halides is 6. The van der Waals surface area contributed by atoms with Crippen molar-refractivity contribution in [1.29, 1.82) is 0 Å². The van der Waals surface area contributed by atoms with Gasteiger partial charge in [0.05, 0.1) is 67.9 Å². The van der Waals surface area contributed by atoms with Crippen LogP contribution in [-0.4, -0.2) is 86.2 Å². The number of nitrogens with zero attached hydrogens (tertiary/aromatic N) is 6. The molecule has 4 heterocycles. The van der Waals surface area contributed by atoms with Gasteiger partial charge in [0.15, 0.2) is 22.9 Å². The lowest BCUT2D eigenvalue weighted by Gasteiger charge is -2.14. The largest absolute Gasteiger partial charge is 0.497 e. The van der Waals surface area contributed by atoms with Gasteiger partial charge in [-0.3, -0.25) is 14.4 Å². The van der Waals surface area contributed by atoms with Crippen LogP contribution in [0.2, 0.25) is 0 Å². The summed E-state index contributed by atoms with van der Waals surface area (Å²) < 4.78 is 90.5. The Hall–Kier alpha value is -8.35. The zero-order chi connectivity index (χ0) is 55.5. The first kappa shape index (κ1) is 54.4. The van der Waals surface area contributed by atoms with Gasteiger partial charge < -0.3 is 20.1 Å². The lowest BCUT2D eigenvalue weighted by molar-refractivity contribution is -0.132. The summed E-state index contributed by atoms with van der Waals surface area (Å²) in [5.41, 5.74) is 9.33. The molecule has 8 aromatic rings. The molecule has 0 saturated heterocycles. The van der Waals surface area contributed by atoms with Crippen LogP contribution >= 0.6 is 0 Å². The maximum atomic E-state index is 13.3. The maximum absolute atomic E-state index is 13.3. The highest BCUT2D eigenvalue weighted by Gasteiger charge is 2.30. The number of aromatic nitrogens is 6. The van der Waals surface area contributed by atoms with Gasteiger partial charge in [-0.2, -0.15) is 36.5 Å². The van der Waals surface area contributed by atoms with E-state index in [4.69, 9.17) is 14.6 Å². The third-order valence-electron chi connectivity index (χ3n) is 13.7. The summed E-state index contributed by atoms with van der Waals surface area (Å²) in [6.45, 7) is 7.27. The first-order valence-corrected chi connectivity index (χ1v) is 25.5. The number of carbonyl (C=O) groups is 3. The van der Waals surface area contributed by atoms with Crippen LogP contribution in [0.3, 0.4) is 0 Å². The fraction of sp³-hybridized carbons (Fsp3) is 0.305. The van der Waals surface area contributed by atoms with Gasteiger partial charge in [-0.1, -0.05) is 43.0 Å². The smallest absolute Gasteiger partial charge is 0.390 e. The average Bonchev–Trinajstić information content (AvgIpc) is 4.39. The molecule has 2 fully saturated rings. The molecule has 404 valence electrons. The minimum absolute atomic E-state index is 0.0365. The number of nitrogens with one attached hydrogen (secondary N) is 2. The molecule has 10 rings (SSSR count). The van der Waals surface area contributed by atoms with Gasteiger partial charge in [-0.15, -0.1) is 0 Å². The molecule has 4 aromatic carbocycles. The summed E-state index contributed by atoms with van der Waals surface area (Å²) in [4.78, 5) is 47.6. The molecule has 19 heteroatoms. The Morgan fingerprint density at radius 3 is 1.40 bits per heavy atom. The lowest BCUT2D eigenvalue weighted by Crippen LogP contribution is -2.16. The molecular formula is C59H56F6N8O5. The number of fused-ring (bicyclic) bond motifs is 2. The number of methoxy groups -OCH3 is 2. The fourth-order valence-corrected chi connectivity index (χ4v) is 9.02. The molecule has 13 nitrogen and oxygen atoms in total. The SMILES string of the molecule is C=C(c1ccc(OC)cc1)c1cc(NCCC(F)(F)F)c2ncc(-c3ccc(C(=O)CC4CC4)c(C)c3)n2n1.COc1ccc(C(=O)c2cc(NCCC(F)(F)F)c3ncc(-c4ccc(C(=O)CC5CC5)c(C)c4)n3n2)cc1. The van der Waals surface area contributed by atoms with Crippen LogP contribution in [-0.2, 0) is 0 Å². The highest BCUT2D eigenvalue weighted by molar-refractivity contribution is 6.08. The minimum atomic E-state index is -4.34. The van der Waals surface area contributed by atoms with Crippen molar-refractivity contribution in [2.45, 2.75) is 77.6 Å². The molecule has 2 aliphatic carbocycles. The van der Waals surface area contributed by atoms with Crippen molar-refractivity contribution in [3.8, 4) is 34.0 Å². The Labute approximate surface area is 445 Å². The quantitative estimate of drug-likeness (QED) is 0.0554. The summed E-state index contributed by atoms with van der Waals surface area (Å²) >= 11 is 0. The van der Waals surface area contributed by atoms with Gasteiger partial charge in [0.1, 0.15) is 17.2 Å². The molecule has 78 heavy (non-hydrogen) atoms. The third kappa shape index (κ3) is 13.1. The molecule has 2 aliphatic rings. The van der Waals surface area contributed by atoms with Gasteiger partial charge in [-0.05, 0) is 129 Å². The number of rotatable bonds is 20. The molecule has 2 saturated carbocycles. The molecule has 0 radical (unpaired) electrons. The van der Waals surface area contributed by atoms with Crippen molar-refractivity contribution >= 4 is 45.6 Å². The van der Waals surface area contributed by atoms with E-state index in [1.165, 1.54) is 17.7 Å². The Morgan fingerprint density at radius 1 is 0.590 bits per heavy atom. The number of halogens is 6. The van der Waals surface area contributed by atoms with Gasteiger partial charge in [0.25, 0.3) is 0 Å². The number of hydrogen-bond donors (Lipinski definition) is 2. The van der Waals surface area contributed by atoms with E-state index in [2.05, 4.69) is 32.3 Å². The molecule has 0 bridgehead atoms. The van der Waals surface area contributed by atoms with Crippen LogP contribution in [0.4, 0.5) is 37.7 Å². The second-order valence-corrected chi connectivity index (χ2v) is 19.7. The normalized spacial score (nSPS) is 13.5. The van der Waals surface area contributed by atoms with E-state index in [1.807, 2.05) is 50.2 Å². The van der Waals surface area contributed by atoms with Crippen molar-refractivity contribution in [3.05, 3.63) is 161 Å². The maximum Gasteiger partial charge on any atom is 0.390 e. The Morgan fingerprint density at radius 2 is 1.00 bits per heavy atom.